The van der Waals surface area contributed by atoms with Crippen LogP contribution in [0.5, 0.6) is 0 Å². The summed E-state index contributed by atoms with van der Waals surface area (Å²) in [5.41, 5.74) is 1.96. The molecule has 1 aromatic heterocycles. The van der Waals surface area contributed by atoms with Crippen molar-refractivity contribution in [3.8, 4) is 0 Å². The van der Waals surface area contributed by atoms with Crippen LogP contribution in [0.4, 0.5) is 5.69 Å². The lowest BCUT2D eigenvalue weighted by atomic mass is 10.1. The molecular weight excluding hydrogens is 392 g/mol. The first-order chi connectivity index (χ1) is 13.6. The second-order valence-corrected chi connectivity index (χ2v) is 8.85. The fraction of sp³-hybridized carbons (Fsp3) is 0.143. The molecule has 4 rings (SSSR count). The Bertz CT molecular complexity index is 1030. The largest absolute Gasteiger partial charge is 0.347 e. The van der Waals surface area contributed by atoms with Crippen LogP contribution >= 0.6 is 11.3 Å². The molecule has 0 saturated carbocycles. The number of fused-ring (bicyclic) bond motifs is 1. The zero-order chi connectivity index (χ0) is 19.5. The fourth-order valence-electron chi connectivity index (χ4n) is 3.09. The Balaban J connectivity index is 1.61. The van der Waals surface area contributed by atoms with E-state index in [0.29, 0.717) is 29.2 Å². The molecule has 0 fully saturated rings. The van der Waals surface area contributed by atoms with E-state index in [0.717, 1.165) is 10.4 Å². The Morgan fingerprint density at radius 3 is 2.68 bits per heavy atom. The minimum atomic E-state index is -1.39. The van der Waals surface area contributed by atoms with Crippen LogP contribution in [0.25, 0.3) is 0 Å². The van der Waals surface area contributed by atoms with Crippen LogP contribution in [0.3, 0.4) is 0 Å². The number of carbonyl (C=O) groups is 2. The Kier molecular flexibility index (Phi) is 5.36. The van der Waals surface area contributed by atoms with Crippen molar-refractivity contribution in [3.05, 3.63) is 82.0 Å². The van der Waals surface area contributed by atoms with Crippen LogP contribution in [0.2, 0.25) is 0 Å². The van der Waals surface area contributed by atoms with Gasteiger partial charge in [0.1, 0.15) is 5.75 Å². The lowest BCUT2D eigenvalue weighted by Crippen LogP contribution is -2.38. The molecule has 2 amide bonds. The van der Waals surface area contributed by atoms with Gasteiger partial charge in [0.05, 0.1) is 34.5 Å². The summed E-state index contributed by atoms with van der Waals surface area (Å²) in [6, 6.07) is 18.5. The highest BCUT2D eigenvalue weighted by molar-refractivity contribution is 7.86. The third kappa shape index (κ3) is 3.90. The van der Waals surface area contributed by atoms with E-state index in [9.17, 15) is 13.8 Å². The predicted molar refractivity (Wildman–Crippen MR) is 111 cm³/mol. The number of thiophene rings is 1. The fourth-order valence-corrected chi connectivity index (χ4v) is 4.89. The van der Waals surface area contributed by atoms with Crippen LogP contribution < -0.4 is 10.2 Å². The molecule has 0 unspecified atom stereocenters. The number of nitrogens with one attached hydrogen (secondary N) is 1. The number of nitrogens with zero attached hydrogens (tertiary/aromatic N) is 1. The number of hydrogen-bond donors (Lipinski definition) is 1. The Labute approximate surface area is 169 Å². The molecule has 0 spiro atoms. The molecule has 3 aromatic rings. The Morgan fingerprint density at radius 2 is 1.93 bits per heavy atom. The maximum atomic E-state index is 12.6. The van der Waals surface area contributed by atoms with Crippen LogP contribution in [0.15, 0.2) is 70.9 Å². The minimum absolute atomic E-state index is 0.0379. The number of hydrogen-bond acceptors (Lipinski definition) is 4. The monoisotopic (exact) mass is 410 g/mol. The summed E-state index contributed by atoms with van der Waals surface area (Å²) in [5.74, 6) is -0.463. The van der Waals surface area contributed by atoms with Crippen molar-refractivity contribution in [2.45, 2.75) is 18.0 Å². The van der Waals surface area contributed by atoms with Gasteiger partial charge in [-0.15, -0.1) is 11.3 Å². The Morgan fingerprint density at radius 1 is 1.11 bits per heavy atom. The van der Waals surface area contributed by atoms with Gasteiger partial charge in [-0.25, -0.2) is 0 Å². The van der Waals surface area contributed by atoms with E-state index in [1.54, 1.807) is 34.4 Å². The molecule has 0 aliphatic carbocycles. The molecule has 1 N–H and O–H groups in total. The second-order valence-electron chi connectivity index (χ2n) is 6.40. The van der Waals surface area contributed by atoms with Gasteiger partial charge in [-0.05, 0) is 35.2 Å². The molecule has 28 heavy (non-hydrogen) atoms. The van der Waals surface area contributed by atoms with E-state index in [1.165, 1.54) is 0 Å². The van der Waals surface area contributed by atoms with Gasteiger partial charge in [-0.3, -0.25) is 13.8 Å². The SMILES string of the molecule is O=C(NCc1cccs1)c1ccc2c(c1)N(Cc1ccccc1)C(=O)C[S@]2=O. The number of amides is 2. The average molecular weight is 411 g/mol. The van der Waals surface area contributed by atoms with Gasteiger partial charge in [0, 0.05) is 10.4 Å². The van der Waals surface area contributed by atoms with Gasteiger partial charge in [0.25, 0.3) is 5.91 Å². The van der Waals surface area contributed by atoms with Crippen molar-refractivity contribution in [1.82, 2.24) is 5.32 Å². The van der Waals surface area contributed by atoms with Gasteiger partial charge in [-0.2, -0.15) is 0 Å². The zero-order valence-corrected chi connectivity index (χ0v) is 16.6. The van der Waals surface area contributed by atoms with Crippen LogP contribution in [-0.4, -0.2) is 21.8 Å². The molecule has 0 bridgehead atoms. The zero-order valence-electron chi connectivity index (χ0n) is 15.0. The van der Waals surface area contributed by atoms with E-state index in [1.807, 2.05) is 47.8 Å². The molecule has 1 atom stereocenters. The summed E-state index contributed by atoms with van der Waals surface area (Å²) >= 11 is 1.58. The first-order valence-corrected chi connectivity index (χ1v) is 11.0. The second kappa shape index (κ2) is 8.08. The molecule has 2 heterocycles. The van der Waals surface area contributed by atoms with E-state index >= 15 is 0 Å². The molecule has 142 valence electrons. The van der Waals surface area contributed by atoms with E-state index in [4.69, 9.17) is 0 Å². The molecular formula is C21H18N2O3S2. The summed E-state index contributed by atoms with van der Waals surface area (Å²) in [6.45, 7) is 0.830. The van der Waals surface area contributed by atoms with Crippen LogP contribution in [0.1, 0.15) is 20.8 Å². The third-order valence-electron chi connectivity index (χ3n) is 4.50. The van der Waals surface area contributed by atoms with E-state index in [-0.39, 0.29) is 17.6 Å². The lowest BCUT2D eigenvalue weighted by molar-refractivity contribution is -0.116. The van der Waals surface area contributed by atoms with E-state index in [2.05, 4.69) is 5.32 Å². The average Bonchev–Trinajstić information content (AvgIpc) is 3.23. The number of benzene rings is 2. The van der Waals surface area contributed by atoms with Crippen molar-refractivity contribution >= 4 is 39.6 Å². The summed E-state index contributed by atoms with van der Waals surface area (Å²) in [6.07, 6.45) is 0. The first-order valence-electron chi connectivity index (χ1n) is 8.79. The van der Waals surface area contributed by atoms with Gasteiger partial charge in [0.15, 0.2) is 0 Å². The standard InChI is InChI=1S/C21H18N2O3S2/c24-20-14-28(26)19-9-8-16(21(25)22-12-17-7-4-10-27-17)11-18(19)23(20)13-15-5-2-1-3-6-15/h1-11H,12-14H2,(H,22,25)/t28-/m1/s1. The molecule has 5 nitrogen and oxygen atoms in total. The number of rotatable bonds is 5. The Hall–Kier alpha value is -2.77. The van der Waals surface area contributed by atoms with Crippen LogP contribution in [-0.2, 0) is 28.7 Å². The smallest absolute Gasteiger partial charge is 0.251 e. The molecule has 0 saturated heterocycles. The summed E-state index contributed by atoms with van der Waals surface area (Å²) in [4.78, 5) is 28.4. The third-order valence-corrected chi connectivity index (χ3v) is 6.72. The predicted octanol–water partition coefficient (Wildman–Crippen LogP) is 3.33. The molecule has 7 heteroatoms. The normalized spacial score (nSPS) is 15.9. The minimum Gasteiger partial charge on any atom is -0.347 e. The molecule has 1 aliphatic rings. The van der Waals surface area contributed by atoms with Gasteiger partial charge in [-0.1, -0.05) is 36.4 Å². The van der Waals surface area contributed by atoms with Crippen molar-refractivity contribution in [2.75, 3.05) is 10.7 Å². The highest BCUT2D eigenvalue weighted by Crippen LogP contribution is 2.31. The van der Waals surface area contributed by atoms with Crippen LogP contribution in [0, 0.1) is 0 Å². The van der Waals surface area contributed by atoms with Gasteiger partial charge < -0.3 is 10.2 Å². The van der Waals surface area contributed by atoms with Gasteiger partial charge in [0.2, 0.25) is 5.91 Å². The quantitative estimate of drug-likeness (QED) is 0.702. The molecule has 2 aromatic carbocycles. The van der Waals surface area contributed by atoms with Crippen molar-refractivity contribution in [2.24, 2.45) is 0 Å². The molecule has 0 radical (unpaired) electrons. The maximum absolute atomic E-state index is 12.6. The summed E-state index contributed by atoms with van der Waals surface area (Å²) in [7, 11) is -1.39. The van der Waals surface area contributed by atoms with Crippen molar-refractivity contribution in [3.63, 3.8) is 0 Å². The first kappa shape index (κ1) is 18.6. The topological polar surface area (TPSA) is 66.5 Å². The number of carbonyl (C=O) groups excluding carboxylic acids is 2. The lowest BCUT2D eigenvalue weighted by Gasteiger charge is -2.29. The number of anilines is 1. The summed E-state index contributed by atoms with van der Waals surface area (Å²) < 4.78 is 12.4. The maximum Gasteiger partial charge on any atom is 0.251 e. The summed E-state index contributed by atoms with van der Waals surface area (Å²) in [5, 5.41) is 4.85. The highest BCUT2D eigenvalue weighted by atomic mass is 32.2. The van der Waals surface area contributed by atoms with Crippen molar-refractivity contribution in [1.29, 1.82) is 0 Å². The van der Waals surface area contributed by atoms with E-state index < -0.39 is 10.8 Å². The highest BCUT2D eigenvalue weighted by Gasteiger charge is 2.30. The van der Waals surface area contributed by atoms with Gasteiger partial charge >= 0.3 is 0 Å². The van der Waals surface area contributed by atoms with Crippen molar-refractivity contribution < 1.29 is 13.8 Å². The molecule has 1 aliphatic heterocycles.